The predicted octanol–water partition coefficient (Wildman–Crippen LogP) is 12.0. The molecule has 4 aromatic carbocycles. The molecule has 0 aromatic heterocycles. The van der Waals surface area contributed by atoms with Gasteiger partial charge in [0.1, 0.15) is 5.75 Å². The lowest BCUT2D eigenvalue weighted by Crippen LogP contribution is -2.24. The van der Waals surface area contributed by atoms with Crippen molar-refractivity contribution in [3.8, 4) is 5.75 Å². The van der Waals surface area contributed by atoms with Crippen LogP contribution in [0.4, 0.5) is 22.7 Å². The molecule has 0 atom stereocenters. The first-order valence-corrected chi connectivity index (χ1v) is 20.5. The highest BCUT2D eigenvalue weighted by Crippen LogP contribution is 2.39. The molecule has 1 amide bonds. The van der Waals surface area contributed by atoms with E-state index in [2.05, 4.69) is 82.9 Å². The van der Waals surface area contributed by atoms with Crippen molar-refractivity contribution in [1.82, 2.24) is 0 Å². The lowest BCUT2D eigenvalue weighted by molar-refractivity contribution is -0.118. The molecule has 0 aliphatic carbocycles. The van der Waals surface area contributed by atoms with E-state index in [-0.39, 0.29) is 35.2 Å². The largest absolute Gasteiger partial charge is 0.483 e. The van der Waals surface area contributed by atoms with Gasteiger partial charge in [0.05, 0.1) is 4.90 Å². The fourth-order valence-electron chi connectivity index (χ4n) is 6.17. The lowest BCUT2D eigenvalue weighted by Gasteiger charge is -2.30. The number of amides is 1. The zero-order chi connectivity index (χ0) is 39.3. The monoisotopic (exact) mass is 739 g/mol. The molecule has 0 saturated carbocycles. The van der Waals surface area contributed by atoms with Gasteiger partial charge in [-0.05, 0) is 118 Å². The number of hydrogen-bond donors (Lipinski definition) is 3. The number of hydrogen-bond acceptors (Lipinski definition) is 5. The van der Waals surface area contributed by atoms with E-state index in [0.717, 1.165) is 52.2 Å². The first-order chi connectivity index (χ1) is 24.8. The number of carbonyl (C=O) groups excluding carboxylic acids is 1. The number of anilines is 4. The van der Waals surface area contributed by atoms with Crippen molar-refractivity contribution in [1.29, 1.82) is 0 Å². The van der Waals surface area contributed by atoms with Crippen LogP contribution in [0, 0.1) is 0 Å². The van der Waals surface area contributed by atoms with E-state index < -0.39 is 10.0 Å². The second kappa shape index (κ2) is 16.8. The van der Waals surface area contributed by atoms with Crippen LogP contribution in [0.15, 0.2) is 83.8 Å². The minimum Gasteiger partial charge on any atom is -0.483 e. The Morgan fingerprint density at radius 1 is 0.660 bits per heavy atom. The van der Waals surface area contributed by atoms with E-state index in [4.69, 9.17) is 4.74 Å². The Balaban J connectivity index is 1.40. The average Bonchev–Trinajstić information content (AvgIpc) is 3.11. The molecule has 7 nitrogen and oxygen atoms in total. The second-order valence-corrected chi connectivity index (χ2v) is 18.0. The molecule has 0 heterocycles. The summed E-state index contributed by atoms with van der Waals surface area (Å²) in [4.78, 5) is 13.3. The minimum absolute atomic E-state index is 0.0463. The highest BCUT2D eigenvalue weighted by atomic mass is 32.2. The zero-order valence-corrected chi connectivity index (χ0v) is 34.7. The van der Waals surface area contributed by atoms with Crippen LogP contribution < -0.4 is 20.1 Å². The van der Waals surface area contributed by atoms with Gasteiger partial charge in [-0.2, -0.15) is 0 Å². The molecule has 4 rings (SSSR count). The molecule has 3 N–H and O–H groups in total. The van der Waals surface area contributed by atoms with Crippen LogP contribution >= 0.6 is 0 Å². The quantitative estimate of drug-likeness (QED) is 0.106. The van der Waals surface area contributed by atoms with Crippen LogP contribution in [0.25, 0.3) is 0 Å². The second-order valence-electron chi connectivity index (χ2n) is 16.4. The van der Waals surface area contributed by atoms with Crippen molar-refractivity contribution in [2.75, 3.05) is 22.0 Å². The van der Waals surface area contributed by atoms with E-state index in [1.807, 2.05) is 82.3 Å². The summed E-state index contributed by atoms with van der Waals surface area (Å²) in [7, 11) is -3.85. The molecule has 0 bridgehead atoms. The van der Waals surface area contributed by atoms with E-state index in [1.165, 1.54) is 5.56 Å². The molecule has 4 aromatic rings. The van der Waals surface area contributed by atoms with Gasteiger partial charge in [-0.3, -0.25) is 9.52 Å². The topological polar surface area (TPSA) is 96.5 Å². The third-order valence-electron chi connectivity index (χ3n) is 10.6. The maximum Gasteiger partial charge on any atom is 0.262 e. The molecule has 0 fully saturated rings. The summed E-state index contributed by atoms with van der Waals surface area (Å²) in [5.41, 5.74) is 7.92. The van der Waals surface area contributed by atoms with Crippen LogP contribution in [0.2, 0.25) is 0 Å². The van der Waals surface area contributed by atoms with Crippen molar-refractivity contribution in [2.24, 2.45) is 0 Å². The van der Waals surface area contributed by atoms with Gasteiger partial charge in [0.25, 0.3) is 15.9 Å². The van der Waals surface area contributed by atoms with Gasteiger partial charge in [0.15, 0.2) is 6.61 Å². The van der Waals surface area contributed by atoms with Crippen LogP contribution in [0.1, 0.15) is 141 Å². The van der Waals surface area contributed by atoms with Crippen LogP contribution in [0.5, 0.6) is 5.75 Å². The Labute approximate surface area is 319 Å². The number of ether oxygens (including phenoxy) is 1. The molecule has 0 aliphatic heterocycles. The van der Waals surface area contributed by atoms with Gasteiger partial charge in [-0.15, -0.1) is 0 Å². The van der Waals surface area contributed by atoms with Crippen molar-refractivity contribution in [2.45, 2.75) is 129 Å². The summed E-state index contributed by atoms with van der Waals surface area (Å²) < 4.78 is 36.7. The number of carbonyl (C=O) groups is 1. The zero-order valence-electron chi connectivity index (χ0n) is 33.9. The Bertz CT molecular complexity index is 1950. The number of sulfonamides is 1. The Morgan fingerprint density at radius 3 is 1.62 bits per heavy atom. The van der Waals surface area contributed by atoms with Gasteiger partial charge in [-0.25, -0.2) is 8.42 Å². The Morgan fingerprint density at radius 2 is 1.15 bits per heavy atom. The molecule has 0 saturated heterocycles. The number of nitrogens with one attached hydrogen (secondary N) is 3. The van der Waals surface area contributed by atoms with Crippen molar-refractivity contribution >= 4 is 38.7 Å². The first kappa shape index (κ1) is 41.5. The molecular weight excluding hydrogens is 679 g/mol. The van der Waals surface area contributed by atoms with E-state index >= 15 is 0 Å². The molecule has 0 radical (unpaired) electrons. The van der Waals surface area contributed by atoms with Crippen LogP contribution in [0.3, 0.4) is 0 Å². The van der Waals surface area contributed by atoms with E-state index in [1.54, 1.807) is 12.1 Å². The van der Waals surface area contributed by atoms with Gasteiger partial charge in [0, 0.05) is 28.3 Å². The summed E-state index contributed by atoms with van der Waals surface area (Å²) in [6, 6.07) is 25.1. The van der Waals surface area contributed by atoms with E-state index in [9.17, 15) is 13.2 Å². The normalized spacial score (nSPS) is 12.4. The average molecular weight is 740 g/mol. The SMILES string of the molecule is CCC(C)(C)c1ccc(OCC(=O)Nc2ccc(Nc3ccc(NS(=O)(=O)c4c(C(C)C)cc(C(C)C)cc4C(C)C)cc3)cc2)c(C(C)(C)CC)c1. The molecule has 53 heavy (non-hydrogen) atoms. The highest BCUT2D eigenvalue weighted by molar-refractivity contribution is 7.92. The smallest absolute Gasteiger partial charge is 0.262 e. The van der Waals surface area contributed by atoms with Gasteiger partial charge >= 0.3 is 0 Å². The molecule has 8 heteroatoms. The van der Waals surface area contributed by atoms with Gasteiger partial charge in [-0.1, -0.05) is 107 Å². The summed E-state index contributed by atoms with van der Waals surface area (Å²) in [6.07, 6.45) is 1.97. The molecule has 0 spiro atoms. The van der Waals surface area contributed by atoms with Crippen LogP contribution in [-0.2, 0) is 25.6 Å². The highest BCUT2D eigenvalue weighted by Gasteiger charge is 2.28. The maximum absolute atomic E-state index is 13.9. The third kappa shape index (κ3) is 10.2. The summed E-state index contributed by atoms with van der Waals surface area (Å²) in [5, 5.41) is 6.28. The molecular formula is C45H61N3O4S. The summed E-state index contributed by atoms with van der Waals surface area (Å²) >= 11 is 0. The Kier molecular flexibility index (Phi) is 13.1. The first-order valence-electron chi connectivity index (χ1n) is 19.0. The van der Waals surface area contributed by atoms with Crippen LogP contribution in [-0.4, -0.2) is 20.9 Å². The summed E-state index contributed by atoms with van der Waals surface area (Å²) in [6.45, 7) is 25.6. The van der Waals surface area contributed by atoms with Crippen molar-refractivity contribution in [3.63, 3.8) is 0 Å². The van der Waals surface area contributed by atoms with E-state index in [0.29, 0.717) is 22.2 Å². The summed E-state index contributed by atoms with van der Waals surface area (Å²) in [5.74, 6) is 0.888. The van der Waals surface area contributed by atoms with Gasteiger partial charge < -0.3 is 15.4 Å². The minimum atomic E-state index is -3.85. The molecule has 0 aliphatic rings. The van der Waals surface area contributed by atoms with Crippen molar-refractivity contribution in [3.05, 3.63) is 107 Å². The third-order valence-corrected chi connectivity index (χ3v) is 12.1. The fourth-order valence-corrected chi connectivity index (χ4v) is 7.93. The van der Waals surface area contributed by atoms with Crippen molar-refractivity contribution < 1.29 is 17.9 Å². The standard InChI is InChI=1S/C45H61N3O4S/c1-13-44(9,10)33-15-24-41(40(27-33)45(11,12)14-2)52-28-42(49)47-36-18-16-34(17-19-36)46-35-20-22-37(23-21-35)48-53(50,51)43-38(30(5)6)25-32(29(3)4)26-39(43)31(7)8/h15-27,29-31,46,48H,13-14,28H2,1-12H3,(H,47,49). The fraction of sp³-hybridized carbons (Fsp3) is 0.444. The number of benzene rings is 4. The lowest BCUT2D eigenvalue weighted by atomic mass is 9.76. The maximum atomic E-state index is 13.9. The number of rotatable bonds is 16. The van der Waals surface area contributed by atoms with Gasteiger partial charge in [0.2, 0.25) is 0 Å². The molecule has 0 unspecified atom stereocenters. The molecule has 286 valence electrons. The predicted molar refractivity (Wildman–Crippen MR) is 223 cm³/mol. The Hall–Kier alpha value is -4.30.